The topological polar surface area (TPSA) is 42.0 Å². The van der Waals surface area contributed by atoms with Crippen molar-refractivity contribution in [2.24, 2.45) is 0 Å². The van der Waals surface area contributed by atoms with Crippen LogP contribution in [0.25, 0.3) is 0 Å². The molecule has 1 fully saturated rings. The molecule has 1 amide bonds. The third kappa shape index (κ3) is 4.99. The summed E-state index contributed by atoms with van der Waals surface area (Å²) in [6.45, 7) is 10.0. The number of rotatable bonds is 4. The SMILES string of the molecule is COCC(C)N(C)[C@H]1CCN(C(=O)OC(C)(C)C)C1. The van der Waals surface area contributed by atoms with Gasteiger partial charge in [-0.1, -0.05) is 0 Å². The number of likely N-dealkylation sites (tertiary alicyclic amines) is 1. The fraction of sp³-hybridized carbons (Fsp3) is 0.929. The Balaban J connectivity index is 2.47. The average Bonchev–Trinajstić information content (AvgIpc) is 2.75. The van der Waals surface area contributed by atoms with Gasteiger partial charge in [-0.05, 0) is 41.2 Å². The molecule has 1 aliphatic heterocycles. The molecule has 0 aromatic heterocycles. The standard InChI is InChI=1S/C14H28N2O3/c1-11(10-18-6)15(5)12-7-8-16(9-12)13(17)19-14(2,3)4/h11-12H,7-10H2,1-6H3/t11?,12-/m0/s1. The van der Waals surface area contributed by atoms with Crippen LogP contribution >= 0.6 is 0 Å². The van der Waals surface area contributed by atoms with E-state index in [1.807, 2.05) is 20.8 Å². The molecule has 1 rings (SSSR count). The Hall–Kier alpha value is -0.810. The molecular formula is C14H28N2O3. The lowest BCUT2D eigenvalue weighted by atomic mass is 10.2. The van der Waals surface area contributed by atoms with E-state index in [0.717, 1.165) is 19.5 Å². The van der Waals surface area contributed by atoms with Crippen LogP contribution in [0.2, 0.25) is 0 Å². The zero-order valence-electron chi connectivity index (χ0n) is 13.1. The first-order valence-electron chi connectivity index (χ1n) is 6.93. The van der Waals surface area contributed by atoms with Gasteiger partial charge < -0.3 is 14.4 Å². The highest BCUT2D eigenvalue weighted by atomic mass is 16.6. The van der Waals surface area contributed by atoms with Crippen molar-refractivity contribution >= 4 is 6.09 Å². The van der Waals surface area contributed by atoms with Gasteiger partial charge in [-0.2, -0.15) is 0 Å². The van der Waals surface area contributed by atoms with E-state index in [-0.39, 0.29) is 6.09 Å². The van der Waals surface area contributed by atoms with Gasteiger partial charge in [-0.15, -0.1) is 0 Å². The van der Waals surface area contributed by atoms with E-state index in [0.29, 0.717) is 18.7 Å². The molecule has 0 aliphatic carbocycles. The lowest BCUT2D eigenvalue weighted by molar-refractivity contribution is 0.0270. The number of methoxy groups -OCH3 is 1. The summed E-state index contributed by atoms with van der Waals surface area (Å²) in [7, 11) is 3.80. The largest absolute Gasteiger partial charge is 0.444 e. The number of nitrogens with zero attached hydrogens (tertiary/aromatic N) is 2. The highest BCUT2D eigenvalue weighted by molar-refractivity contribution is 5.68. The van der Waals surface area contributed by atoms with E-state index in [4.69, 9.17) is 9.47 Å². The minimum absolute atomic E-state index is 0.206. The fourth-order valence-electron chi connectivity index (χ4n) is 2.29. The third-order valence-corrected chi connectivity index (χ3v) is 3.49. The van der Waals surface area contributed by atoms with Crippen LogP contribution in [0.1, 0.15) is 34.1 Å². The van der Waals surface area contributed by atoms with Gasteiger partial charge in [-0.3, -0.25) is 4.90 Å². The van der Waals surface area contributed by atoms with Crippen molar-refractivity contribution in [3.8, 4) is 0 Å². The zero-order chi connectivity index (χ0) is 14.6. The molecule has 112 valence electrons. The minimum atomic E-state index is -0.426. The van der Waals surface area contributed by atoms with Gasteiger partial charge >= 0.3 is 6.09 Å². The number of carbonyl (C=O) groups is 1. The predicted molar refractivity (Wildman–Crippen MR) is 75.3 cm³/mol. The monoisotopic (exact) mass is 272 g/mol. The number of hydrogen-bond donors (Lipinski definition) is 0. The lowest BCUT2D eigenvalue weighted by Gasteiger charge is -2.30. The first-order valence-corrected chi connectivity index (χ1v) is 6.93. The molecule has 1 heterocycles. The van der Waals surface area contributed by atoms with Crippen LogP contribution in [0, 0.1) is 0 Å². The molecule has 1 unspecified atom stereocenters. The quantitative estimate of drug-likeness (QED) is 0.784. The van der Waals surface area contributed by atoms with Gasteiger partial charge in [0.25, 0.3) is 0 Å². The van der Waals surface area contributed by atoms with Crippen molar-refractivity contribution in [1.82, 2.24) is 9.80 Å². The van der Waals surface area contributed by atoms with Crippen LogP contribution < -0.4 is 0 Å². The molecule has 0 N–H and O–H groups in total. The molecule has 0 aromatic carbocycles. The van der Waals surface area contributed by atoms with Crippen LogP contribution in [-0.2, 0) is 9.47 Å². The van der Waals surface area contributed by atoms with Crippen molar-refractivity contribution in [3.05, 3.63) is 0 Å². The molecule has 2 atom stereocenters. The smallest absolute Gasteiger partial charge is 0.410 e. The average molecular weight is 272 g/mol. The highest BCUT2D eigenvalue weighted by Gasteiger charge is 2.32. The summed E-state index contributed by atoms with van der Waals surface area (Å²) in [5.41, 5.74) is -0.426. The van der Waals surface area contributed by atoms with E-state index >= 15 is 0 Å². The Morgan fingerprint density at radius 1 is 1.47 bits per heavy atom. The van der Waals surface area contributed by atoms with Crippen LogP contribution in [0.5, 0.6) is 0 Å². The first-order chi connectivity index (χ1) is 8.74. The second-order valence-electron chi connectivity index (χ2n) is 6.34. The Labute approximate surface area is 116 Å². The number of ether oxygens (including phenoxy) is 2. The van der Waals surface area contributed by atoms with E-state index in [1.165, 1.54) is 0 Å². The second-order valence-corrected chi connectivity index (χ2v) is 6.34. The summed E-state index contributed by atoms with van der Waals surface area (Å²) in [5.74, 6) is 0. The summed E-state index contributed by atoms with van der Waals surface area (Å²) in [6.07, 6.45) is 0.784. The lowest BCUT2D eigenvalue weighted by Crippen LogP contribution is -2.43. The molecule has 0 aromatic rings. The number of carbonyl (C=O) groups excluding carboxylic acids is 1. The molecule has 0 spiro atoms. The maximum Gasteiger partial charge on any atom is 0.410 e. The van der Waals surface area contributed by atoms with Crippen LogP contribution in [-0.4, -0.2) is 67.4 Å². The zero-order valence-corrected chi connectivity index (χ0v) is 13.1. The molecule has 5 nitrogen and oxygen atoms in total. The Bertz CT molecular complexity index is 302. The highest BCUT2D eigenvalue weighted by Crippen LogP contribution is 2.19. The number of hydrogen-bond acceptors (Lipinski definition) is 4. The molecular weight excluding hydrogens is 244 g/mol. The summed E-state index contributed by atoms with van der Waals surface area (Å²) in [4.78, 5) is 16.1. The van der Waals surface area contributed by atoms with Crippen LogP contribution in [0.15, 0.2) is 0 Å². The van der Waals surface area contributed by atoms with Gasteiger partial charge in [0.2, 0.25) is 0 Å². The number of amides is 1. The van der Waals surface area contributed by atoms with Crippen molar-refractivity contribution in [1.29, 1.82) is 0 Å². The fourth-order valence-corrected chi connectivity index (χ4v) is 2.29. The second kappa shape index (κ2) is 6.57. The van der Waals surface area contributed by atoms with Crippen molar-refractivity contribution < 1.29 is 14.3 Å². The van der Waals surface area contributed by atoms with E-state index < -0.39 is 5.60 Å². The van der Waals surface area contributed by atoms with Crippen LogP contribution in [0.4, 0.5) is 4.79 Å². The maximum absolute atomic E-state index is 12.0. The summed E-state index contributed by atoms with van der Waals surface area (Å²) < 4.78 is 10.6. The van der Waals surface area contributed by atoms with E-state index in [1.54, 1.807) is 12.0 Å². The molecule has 1 aliphatic rings. The van der Waals surface area contributed by atoms with Crippen LogP contribution in [0.3, 0.4) is 0 Å². The first kappa shape index (κ1) is 16.2. The van der Waals surface area contributed by atoms with E-state index in [9.17, 15) is 4.79 Å². The molecule has 0 bridgehead atoms. The molecule has 5 heteroatoms. The van der Waals surface area contributed by atoms with Gasteiger partial charge in [-0.25, -0.2) is 4.79 Å². The molecule has 0 radical (unpaired) electrons. The summed E-state index contributed by atoms with van der Waals surface area (Å²) >= 11 is 0. The predicted octanol–water partition coefficient (Wildman–Crippen LogP) is 1.96. The van der Waals surface area contributed by atoms with E-state index in [2.05, 4.69) is 18.9 Å². The van der Waals surface area contributed by atoms with Gasteiger partial charge in [0.15, 0.2) is 0 Å². The third-order valence-electron chi connectivity index (χ3n) is 3.49. The van der Waals surface area contributed by atoms with Gasteiger partial charge in [0, 0.05) is 32.3 Å². The van der Waals surface area contributed by atoms with Crippen molar-refractivity contribution in [2.45, 2.75) is 51.8 Å². The Morgan fingerprint density at radius 3 is 2.63 bits per heavy atom. The van der Waals surface area contributed by atoms with Crippen molar-refractivity contribution in [2.75, 3.05) is 33.9 Å². The Kier molecular flexibility index (Phi) is 5.62. The molecule has 0 saturated carbocycles. The number of likely N-dealkylation sites (N-methyl/N-ethyl adjacent to an activating group) is 1. The molecule has 1 saturated heterocycles. The Morgan fingerprint density at radius 2 is 2.11 bits per heavy atom. The summed E-state index contributed by atoms with van der Waals surface area (Å²) in [6, 6.07) is 0.742. The molecule has 19 heavy (non-hydrogen) atoms. The van der Waals surface area contributed by atoms with Crippen molar-refractivity contribution in [3.63, 3.8) is 0 Å². The maximum atomic E-state index is 12.0. The van der Waals surface area contributed by atoms with Gasteiger partial charge in [0.05, 0.1) is 6.61 Å². The minimum Gasteiger partial charge on any atom is -0.444 e. The van der Waals surface area contributed by atoms with Gasteiger partial charge in [0.1, 0.15) is 5.60 Å². The normalized spacial score (nSPS) is 21.8. The summed E-state index contributed by atoms with van der Waals surface area (Å²) in [5, 5.41) is 0.